The molecule has 0 radical (unpaired) electrons. The zero-order valence-electron chi connectivity index (χ0n) is 13.9. The van der Waals surface area contributed by atoms with Crippen LogP contribution in [0, 0.1) is 0 Å². The summed E-state index contributed by atoms with van der Waals surface area (Å²) in [4.78, 5) is 7.90. The van der Waals surface area contributed by atoms with Gasteiger partial charge in [-0.25, -0.2) is 9.97 Å². The summed E-state index contributed by atoms with van der Waals surface area (Å²) >= 11 is 5.98. The lowest BCUT2D eigenvalue weighted by Crippen LogP contribution is -2.15. The molecule has 1 N–H and O–H groups in total. The molecule has 1 aromatic carbocycles. The molecule has 26 heavy (non-hydrogen) atoms. The zero-order chi connectivity index (χ0) is 18.7. The average Bonchev–Trinajstić information content (AvgIpc) is 2.97. The highest BCUT2D eigenvalue weighted by molar-refractivity contribution is 7.92. The lowest BCUT2D eigenvalue weighted by molar-refractivity contribution is 0.412. The van der Waals surface area contributed by atoms with Crippen LogP contribution in [0.1, 0.15) is 0 Å². The number of aromatic nitrogens is 3. The van der Waals surface area contributed by atoms with E-state index >= 15 is 0 Å². The molecule has 0 atom stereocenters. The van der Waals surface area contributed by atoms with Gasteiger partial charge in [0, 0.05) is 13.2 Å². The van der Waals surface area contributed by atoms with Gasteiger partial charge in [-0.3, -0.25) is 4.72 Å². The molecule has 0 saturated heterocycles. The molecular weight excluding hydrogens is 380 g/mol. The van der Waals surface area contributed by atoms with Gasteiger partial charge in [-0.1, -0.05) is 11.6 Å². The lowest BCUT2D eigenvalue weighted by Gasteiger charge is -2.12. The van der Waals surface area contributed by atoms with Crippen molar-refractivity contribution in [1.29, 1.82) is 0 Å². The molecule has 3 aromatic rings. The summed E-state index contributed by atoms with van der Waals surface area (Å²) in [6.45, 7) is 0. The van der Waals surface area contributed by atoms with Crippen LogP contribution in [-0.4, -0.2) is 30.1 Å². The van der Waals surface area contributed by atoms with Crippen LogP contribution in [0.5, 0.6) is 17.4 Å². The summed E-state index contributed by atoms with van der Waals surface area (Å²) in [6.07, 6.45) is 2.80. The number of methoxy groups -OCH3 is 1. The molecule has 0 unspecified atom stereocenters. The van der Waals surface area contributed by atoms with Crippen LogP contribution in [0.3, 0.4) is 0 Å². The molecule has 0 bridgehead atoms. The summed E-state index contributed by atoms with van der Waals surface area (Å²) in [5, 5.41) is -0.278. The predicted molar refractivity (Wildman–Crippen MR) is 96.3 cm³/mol. The Balaban J connectivity index is 1.88. The van der Waals surface area contributed by atoms with Crippen molar-refractivity contribution in [2.24, 2.45) is 7.05 Å². The van der Waals surface area contributed by atoms with Gasteiger partial charge in [0.05, 0.1) is 13.4 Å². The van der Waals surface area contributed by atoms with E-state index in [0.29, 0.717) is 11.5 Å². The third-order valence-electron chi connectivity index (χ3n) is 3.38. The van der Waals surface area contributed by atoms with Gasteiger partial charge in [0.15, 0.2) is 0 Å². The molecule has 8 nitrogen and oxygen atoms in total. The Hall–Kier alpha value is -2.78. The number of imidazole rings is 1. The first-order valence-corrected chi connectivity index (χ1v) is 9.23. The van der Waals surface area contributed by atoms with Crippen LogP contribution in [0.25, 0.3) is 0 Å². The molecule has 0 aliphatic carbocycles. The minimum Gasteiger partial charge on any atom is -0.497 e. The number of pyridine rings is 1. The fraction of sp³-hybridized carbons (Fsp3) is 0.125. The fourth-order valence-electron chi connectivity index (χ4n) is 2.07. The van der Waals surface area contributed by atoms with Crippen molar-refractivity contribution in [1.82, 2.24) is 14.5 Å². The van der Waals surface area contributed by atoms with Gasteiger partial charge >= 0.3 is 0 Å². The molecular formula is C16H15ClN4O4S. The maximum absolute atomic E-state index is 12.6. The second kappa shape index (κ2) is 7.22. The van der Waals surface area contributed by atoms with E-state index in [1.54, 1.807) is 44.5 Å². The van der Waals surface area contributed by atoms with Crippen molar-refractivity contribution in [2.45, 2.75) is 5.03 Å². The van der Waals surface area contributed by atoms with Crippen LogP contribution in [0.15, 0.2) is 53.9 Å². The van der Waals surface area contributed by atoms with E-state index in [1.165, 1.54) is 23.2 Å². The molecule has 0 spiro atoms. The Bertz CT molecular complexity index is 1020. The van der Waals surface area contributed by atoms with E-state index in [2.05, 4.69) is 14.7 Å². The Labute approximate surface area is 155 Å². The van der Waals surface area contributed by atoms with Crippen molar-refractivity contribution in [3.8, 4) is 17.4 Å². The van der Waals surface area contributed by atoms with Gasteiger partial charge in [-0.2, -0.15) is 8.42 Å². The summed E-state index contributed by atoms with van der Waals surface area (Å²) in [6, 6.07) is 9.91. The third kappa shape index (κ3) is 3.73. The number of ether oxygens (including phenoxy) is 2. The Kier molecular flexibility index (Phi) is 5.01. The van der Waals surface area contributed by atoms with Crippen molar-refractivity contribution in [3.05, 3.63) is 54.1 Å². The van der Waals surface area contributed by atoms with Crippen LogP contribution in [0.4, 0.5) is 5.69 Å². The number of nitrogens with zero attached hydrogens (tertiary/aromatic N) is 3. The minimum atomic E-state index is -4.00. The van der Waals surface area contributed by atoms with Gasteiger partial charge in [-0.15, -0.1) is 0 Å². The number of nitrogens with one attached hydrogen (secondary N) is 1. The Morgan fingerprint density at radius 2 is 1.81 bits per heavy atom. The highest BCUT2D eigenvalue weighted by Gasteiger charge is 2.24. The van der Waals surface area contributed by atoms with Crippen LogP contribution in [-0.2, 0) is 17.1 Å². The quantitative estimate of drug-likeness (QED) is 0.690. The summed E-state index contributed by atoms with van der Waals surface area (Å²) in [7, 11) is -0.849. The molecule has 0 amide bonds. The van der Waals surface area contributed by atoms with Gasteiger partial charge in [0.25, 0.3) is 10.0 Å². The van der Waals surface area contributed by atoms with Crippen molar-refractivity contribution in [2.75, 3.05) is 11.8 Å². The molecule has 136 valence electrons. The molecule has 10 heteroatoms. The van der Waals surface area contributed by atoms with Crippen LogP contribution < -0.4 is 14.2 Å². The molecule has 3 rings (SSSR count). The van der Waals surface area contributed by atoms with Crippen molar-refractivity contribution >= 4 is 27.3 Å². The zero-order valence-corrected chi connectivity index (χ0v) is 15.5. The maximum Gasteiger partial charge on any atom is 0.282 e. The van der Waals surface area contributed by atoms with Gasteiger partial charge < -0.3 is 14.0 Å². The van der Waals surface area contributed by atoms with E-state index in [9.17, 15) is 8.42 Å². The molecule has 0 aliphatic heterocycles. The maximum atomic E-state index is 12.6. The van der Waals surface area contributed by atoms with Crippen LogP contribution in [0.2, 0.25) is 5.15 Å². The molecule has 2 aromatic heterocycles. The average molecular weight is 395 g/mol. The number of hydrogen-bond donors (Lipinski definition) is 1. The Morgan fingerprint density at radius 3 is 2.42 bits per heavy atom. The number of halogens is 1. The van der Waals surface area contributed by atoms with Crippen LogP contribution >= 0.6 is 11.6 Å². The first kappa shape index (κ1) is 18.0. The first-order valence-electron chi connectivity index (χ1n) is 7.37. The molecule has 0 aliphatic rings. The third-order valence-corrected chi connectivity index (χ3v) is 5.23. The number of sulfonamides is 1. The summed E-state index contributed by atoms with van der Waals surface area (Å²) < 4.78 is 39.7. The molecule has 0 saturated carbocycles. The van der Waals surface area contributed by atoms with E-state index in [1.807, 2.05) is 0 Å². The monoisotopic (exact) mass is 394 g/mol. The first-order chi connectivity index (χ1) is 12.4. The second-order valence-corrected chi connectivity index (χ2v) is 7.15. The smallest absolute Gasteiger partial charge is 0.282 e. The van der Waals surface area contributed by atoms with E-state index < -0.39 is 10.0 Å². The van der Waals surface area contributed by atoms with Gasteiger partial charge in [0.1, 0.15) is 22.3 Å². The van der Waals surface area contributed by atoms with Crippen molar-refractivity contribution < 1.29 is 17.9 Å². The van der Waals surface area contributed by atoms with E-state index in [-0.39, 0.29) is 21.7 Å². The molecule has 0 fully saturated rings. The molecule has 2 heterocycles. The standard InChI is InChI=1S/C16H15ClN4O4S/c1-21-10-19-16(14(21)17)26(22,23)20-13-4-3-9-18-15(13)25-12-7-5-11(24-2)6-8-12/h3-10,20H,1-2H3. The number of rotatable bonds is 6. The van der Waals surface area contributed by atoms with E-state index in [0.717, 1.165) is 0 Å². The number of anilines is 1. The lowest BCUT2D eigenvalue weighted by atomic mass is 10.3. The largest absolute Gasteiger partial charge is 0.497 e. The minimum absolute atomic E-state index is 0.000914. The highest BCUT2D eigenvalue weighted by Crippen LogP contribution is 2.30. The topological polar surface area (TPSA) is 95.3 Å². The predicted octanol–water partition coefficient (Wildman–Crippen LogP) is 3.07. The summed E-state index contributed by atoms with van der Waals surface area (Å²) in [5.41, 5.74) is 0.157. The number of aryl methyl sites for hydroxylation is 1. The second-order valence-electron chi connectivity index (χ2n) is 5.19. The van der Waals surface area contributed by atoms with Gasteiger partial charge in [0.2, 0.25) is 10.9 Å². The normalized spacial score (nSPS) is 11.2. The Morgan fingerprint density at radius 1 is 1.12 bits per heavy atom. The van der Waals surface area contributed by atoms with Crippen molar-refractivity contribution in [3.63, 3.8) is 0 Å². The fourth-order valence-corrected chi connectivity index (χ4v) is 3.56. The number of hydrogen-bond acceptors (Lipinski definition) is 6. The van der Waals surface area contributed by atoms with Gasteiger partial charge in [-0.05, 0) is 36.4 Å². The highest BCUT2D eigenvalue weighted by atomic mass is 35.5. The number of benzene rings is 1. The van der Waals surface area contributed by atoms with E-state index in [4.69, 9.17) is 21.1 Å². The summed E-state index contributed by atoms with van der Waals surface area (Å²) in [5.74, 6) is 1.23. The SMILES string of the molecule is COc1ccc(Oc2ncccc2NS(=O)(=O)c2ncn(C)c2Cl)cc1.